The first-order valence-electron chi connectivity index (χ1n) is 4.89. The third kappa shape index (κ3) is 3.55. The summed E-state index contributed by atoms with van der Waals surface area (Å²) < 4.78 is 32.2. The van der Waals surface area contributed by atoms with E-state index in [1.807, 2.05) is 6.92 Å². The zero-order chi connectivity index (χ0) is 10.8. The summed E-state index contributed by atoms with van der Waals surface area (Å²) in [7, 11) is -3.38. The molecule has 5 heteroatoms. The Morgan fingerprint density at radius 1 is 1.57 bits per heavy atom. The third-order valence-electron chi connectivity index (χ3n) is 2.39. The van der Waals surface area contributed by atoms with Gasteiger partial charge in [0.1, 0.15) is 11.7 Å². The molecule has 0 amide bonds. The van der Waals surface area contributed by atoms with Crippen LogP contribution in [0.15, 0.2) is 0 Å². The average Bonchev–Trinajstić information content (AvgIpc) is 2.76. The van der Waals surface area contributed by atoms with Gasteiger partial charge in [-0.2, -0.15) is 8.42 Å². The largest absolute Gasteiger partial charge is 0.367 e. The van der Waals surface area contributed by atoms with E-state index in [2.05, 4.69) is 6.92 Å². The Labute approximate surface area is 85.7 Å². The van der Waals surface area contributed by atoms with Gasteiger partial charge in [-0.15, -0.1) is 0 Å². The van der Waals surface area contributed by atoms with Gasteiger partial charge >= 0.3 is 0 Å². The molecule has 0 bridgehead atoms. The summed E-state index contributed by atoms with van der Waals surface area (Å²) in [6.07, 6.45) is 3.48. The van der Waals surface area contributed by atoms with Crippen LogP contribution in [0.4, 0.5) is 0 Å². The van der Waals surface area contributed by atoms with E-state index in [-0.39, 0.29) is 11.7 Å². The Bertz CT molecular complexity index is 279. The molecule has 0 aromatic heterocycles. The Morgan fingerprint density at radius 3 is 2.50 bits per heavy atom. The number of ether oxygens (including phenoxy) is 1. The topological polar surface area (TPSA) is 55.9 Å². The van der Waals surface area contributed by atoms with Gasteiger partial charge in [0.25, 0.3) is 10.1 Å². The van der Waals surface area contributed by atoms with E-state index >= 15 is 0 Å². The van der Waals surface area contributed by atoms with Gasteiger partial charge in [-0.3, -0.25) is 4.18 Å². The van der Waals surface area contributed by atoms with Crippen LogP contribution in [0.5, 0.6) is 0 Å². The summed E-state index contributed by atoms with van der Waals surface area (Å²) in [5.74, 6) is 0. The Hall–Kier alpha value is -0.130. The zero-order valence-corrected chi connectivity index (χ0v) is 9.76. The van der Waals surface area contributed by atoms with Crippen molar-refractivity contribution in [2.75, 3.05) is 12.9 Å². The van der Waals surface area contributed by atoms with Crippen molar-refractivity contribution in [3.8, 4) is 0 Å². The fourth-order valence-electron chi connectivity index (χ4n) is 1.36. The second-order valence-electron chi connectivity index (χ2n) is 4.03. The lowest BCUT2D eigenvalue weighted by Gasteiger charge is -2.19. The van der Waals surface area contributed by atoms with Crippen molar-refractivity contribution in [3.05, 3.63) is 0 Å². The lowest BCUT2D eigenvalue weighted by molar-refractivity contribution is 0.104. The second kappa shape index (κ2) is 4.16. The Balaban J connectivity index is 2.54. The summed E-state index contributed by atoms with van der Waals surface area (Å²) in [6, 6.07) is 0. The predicted molar refractivity (Wildman–Crippen MR) is 53.6 cm³/mol. The van der Waals surface area contributed by atoms with Gasteiger partial charge < -0.3 is 4.74 Å². The second-order valence-corrected chi connectivity index (χ2v) is 5.63. The van der Waals surface area contributed by atoms with Crippen molar-refractivity contribution in [2.24, 2.45) is 0 Å². The van der Waals surface area contributed by atoms with E-state index < -0.39 is 10.1 Å². The van der Waals surface area contributed by atoms with E-state index in [4.69, 9.17) is 8.92 Å². The molecule has 0 radical (unpaired) electrons. The van der Waals surface area contributed by atoms with Crippen molar-refractivity contribution in [3.63, 3.8) is 0 Å². The molecule has 1 heterocycles. The molecule has 0 aromatic rings. The van der Waals surface area contributed by atoms with Crippen LogP contribution in [0.25, 0.3) is 0 Å². The van der Waals surface area contributed by atoms with Crippen LogP contribution in [0, 0.1) is 0 Å². The maximum absolute atomic E-state index is 11.0. The van der Waals surface area contributed by atoms with E-state index in [0.717, 1.165) is 25.5 Å². The smallest absolute Gasteiger partial charge is 0.264 e. The molecule has 0 saturated carbocycles. The first-order valence-corrected chi connectivity index (χ1v) is 6.71. The Kier molecular flexibility index (Phi) is 3.55. The molecule has 0 aliphatic carbocycles. The highest BCUT2D eigenvalue weighted by molar-refractivity contribution is 7.86. The normalized spacial score (nSPS) is 28.8. The maximum atomic E-state index is 11.0. The molecule has 1 rings (SSSR count). The molecule has 0 unspecified atom stereocenters. The highest BCUT2D eigenvalue weighted by Gasteiger charge is 2.48. The molecule has 1 saturated heterocycles. The van der Waals surface area contributed by atoms with Crippen molar-refractivity contribution in [2.45, 2.75) is 44.8 Å². The van der Waals surface area contributed by atoms with E-state index in [9.17, 15) is 8.42 Å². The van der Waals surface area contributed by atoms with Crippen LogP contribution in [-0.2, 0) is 19.0 Å². The fourth-order valence-corrected chi connectivity index (χ4v) is 2.08. The highest BCUT2D eigenvalue weighted by atomic mass is 32.2. The monoisotopic (exact) mass is 222 g/mol. The minimum Gasteiger partial charge on any atom is -0.367 e. The van der Waals surface area contributed by atoms with Gasteiger partial charge in [-0.05, 0) is 13.3 Å². The number of rotatable bonds is 6. The standard InChI is InChI=1S/C9H18O4S/c1-4-5-6-8(9(2)7-12-9)13-14(3,10)11/h8H,4-7H2,1-3H3/t8-,9+/m0/s1. The lowest BCUT2D eigenvalue weighted by Crippen LogP contribution is -2.31. The Morgan fingerprint density at radius 2 is 2.14 bits per heavy atom. The molecule has 4 nitrogen and oxygen atoms in total. The van der Waals surface area contributed by atoms with Crippen LogP contribution < -0.4 is 0 Å². The molecular weight excluding hydrogens is 204 g/mol. The molecule has 84 valence electrons. The molecule has 0 spiro atoms. The summed E-state index contributed by atoms with van der Waals surface area (Å²) in [4.78, 5) is 0. The molecule has 1 fully saturated rings. The molecule has 0 N–H and O–H groups in total. The summed E-state index contributed by atoms with van der Waals surface area (Å²) in [5, 5.41) is 0. The van der Waals surface area contributed by atoms with Crippen LogP contribution in [0.2, 0.25) is 0 Å². The molecule has 1 aliphatic heterocycles. The first kappa shape index (κ1) is 11.9. The number of unbranched alkanes of at least 4 members (excludes halogenated alkanes) is 1. The fraction of sp³-hybridized carbons (Fsp3) is 1.00. The van der Waals surface area contributed by atoms with Gasteiger partial charge in [-0.1, -0.05) is 19.8 Å². The number of epoxide rings is 1. The minimum absolute atomic E-state index is 0.322. The van der Waals surface area contributed by atoms with Crippen LogP contribution in [-0.4, -0.2) is 33.0 Å². The highest BCUT2D eigenvalue weighted by Crippen LogP contribution is 2.35. The van der Waals surface area contributed by atoms with Gasteiger partial charge in [0.2, 0.25) is 0 Å². The van der Waals surface area contributed by atoms with E-state index in [0.29, 0.717) is 6.61 Å². The minimum atomic E-state index is -3.38. The summed E-state index contributed by atoms with van der Waals surface area (Å²) >= 11 is 0. The summed E-state index contributed by atoms with van der Waals surface area (Å²) in [6.45, 7) is 4.54. The summed E-state index contributed by atoms with van der Waals surface area (Å²) in [5.41, 5.74) is -0.377. The molecule has 0 aromatic carbocycles. The van der Waals surface area contributed by atoms with Crippen LogP contribution in [0.3, 0.4) is 0 Å². The van der Waals surface area contributed by atoms with E-state index in [1.54, 1.807) is 0 Å². The maximum Gasteiger partial charge on any atom is 0.264 e. The molecular formula is C9H18O4S. The molecule has 2 atom stereocenters. The third-order valence-corrected chi connectivity index (χ3v) is 2.97. The van der Waals surface area contributed by atoms with Gasteiger partial charge in [0.15, 0.2) is 0 Å². The van der Waals surface area contributed by atoms with Crippen LogP contribution in [0.1, 0.15) is 33.1 Å². The first-order chi connectivity index (χ1) is 6.37. The van der Waals surface area contributed by atoms with Crippen molar-refractivity contribution >= 4 is 10.1 Å². The molecule has 14 heavy (non-hydrogen) atoms. The SMILES string of the molecule is CCCC[C@H](OS(C)(=O)=O)[C@@]1(C)CO1. The lowest BCUT2D eigenvalue weighted by atomic mass is 10.0. The van der Waals surface area contributed by atoms with Crippen molar-refractivity contribution < 1.29 is 17.3 Å². The average molecular weight is 222 g/mol. The zero-order valence-electron chi connectivity index (χ0n) is 8.95. The van der Waals surface area contributed by atoms with E-state index in [1.165, 1.54) is 0 Å². The van der Waals surface area contributed by atoms with Crippen LogP contribution >= 0.6 is 0 Å². The predicted octanol–water partition coefficient (Wildman–Crippen LogP) is 1.31. The van der Waals surface area contributed by atoms with Gasteiger partial charge in [0, 0.05) is 0 Å². The van der Waals surface area contributed by atoms with Crippen molar-refractivity contribution in [1.82, 2.24) is 0 Å². The van der Waals surface area contributed by atoms with Gasteiger partial charge in [-0.25, -0.2) is 0 Å². The molecule has 1 aliphatic rings. The quantitative estimate of drug-likeness (QED) is 0.502. The van der Waals surface area contributed by atoms with Gasteiger partial charge in [0.05, 0.1) is 12.9 Å². The number of hydrogen-bond donors (Lipinski definition) is 0. The van der Waals surface area contributed by atoms with Crippen molar-refractivity contribution in [1.29, 1.82) is 0 Å². The number of hydrogen-bond acceptors (Lipinski definition) is 4.